The Balaban J connectivity index is 3.50. The highest BCUT2D eigenvalue weighted by atomic mass is 15.3. The molecule has 0 spiro atoms. The fourth-order valence-corrected chi connectivity index (χ4v) is 3.07. The van der Waals surface area contributed by atoms with Gasteiger partial charge in [-0.15, -0.1) is 0 Å². The molecule has 0 aromatic rings. The standard InChI is InChI=1S/C17H39N2/c1-16(2)14-18(5)12-10-8-9-11-13-19(6,7)15-17(3)4/h16-17H,8-15H2,1-7H3/q+1. The van der Waals surface area contributed by atoms with Gasteiger partial charge in [0.1, 0.15) is 0 Å². The number of quaternary nitrogens is 1. The molecule has 0 heterocycles. The number of unbranched alkanes of at least 4 members (excludes halogenated alkanes) is 3. The van der Waals surface area contributed by atoms with Gasteiger partial charge in [-0.05, 0) is 38.8 Å². The van der Waals surface area contributed by atoms with Gasteiger partial charge in [0.25, 0.3) is 0 Å². The third kappa shape index (κ3) is 12.7. The van der Waals surface area contributed by atoms with Crippen molar-refractivity contribution in [1.82, 2.24) is 4.90 Å². The topological polar surface area (TPSA) is 3.24 Å². The van der Waals surface area contributed by atoms with Crippen molar-refractivity contribution in [2.45, 2.75) is 53.4 Å². The minimum Gasteiger partial charge on any atom is -0.328 e. The van der Waals surface area contributed by atoms with Crippen LogP contribution in [0.4, 0.5) is 0 Å². The third-order valence-electron chi connectivity index (χ3n) is 3.59. The normalized spacial score (nSPS) is 12.9. The molecule has 19 heavy (non-hydrogen) atoms. The molecular formula is C17H39N2+. The molecule has 116 valence electrons. The lowest BCUT2D eigenvalue weighted by molar-refractivity contribution is -0.893. The van der Waals surface area contributed by atoms with Crippen LogP contribution in [0.3, 0.4) is 0 Å². The molecule has 0 amide bonds. The Labute approximate surface area is 122 Å². The fourth-order valence-electron chi connectivity index (χ4n) is 3.07. The maximum absolute atomic E-state index is 2.48. The van der Waals surface area contributed by atoms with Gasteiger partial charge >= 0.3 is 0 Å². The molecule has 0 aromatic carbocycles. The smallest absolute Gasteiger partial charge is 0.0805 e. The zero-order chi connectivity index (χ0) is 14.9. The van der Waals surface area contributed by atoms with Crippen LogP contribution in [0.25, 0.3) is 0 Å². The van der Waals surface area contributed by atoms with E-state index in [4.69, 9.17) is 0 Å². The molecule has 2 nitrogen and oxygen atoms in total. The highest BCUT2D eigenvalue weighted by Gasteiger charge is 2.15. The van der Waals surface area contributed by atoms with Crippen molar-refractivity contribution in [2.24, 2.45) is 11.8 Å². The molecular weight excluding hydrogens is 232 g/mol. The Hall–Kier alpha value is -0.0800. The van der Waals surface area contributed by atoms with E-state index < -0.39 is 0 Å². The monoisotopic (exact) mass is 271 g/mol. The molecule has 0 aliphatic rings. The second kappa shape index (κ2) is 9.77. The summed E-state index contributed by atoms with van der Waals surface area (Å²) in [5.41, 5.74) is 0. The van der Waals surface area contributed by atoms with Gasteiger partial charge in [-0.1, -0.05) is 34.1 Å². The molecule has 0 aromatic heterocycles. The van der Waals surface area contributed by atoms with Crippen molar-refractivity contribution in [2.75, 3.05) is 47.3 Å². The second-order valence-corrected chi connectivity index (χ2v) is 7.81. The van der Waals surface area contributed by atoms with Gasteiger partial charge in [0.2, 0.25) is 0 Å². The molecule has 0 saturated heterocycles. The summed E-state index contributed by atoms with van der Waals surface area (Å²) in [7, 11) is 7.00. The van der Waals surface area contributed by atoms with Crippen molar-refractivity contribution < 1.29 is 4.48 Å². The average molecular weight is 272 g/mol. The number of hydrogen-bond donors (Lipinski definition) is 0. The average Bonchev–Trinajstić information content (AvgIpc) is 2.20. The molecule has 0 bridgehead atoms. The summed E-state index contributed by atoms with van der Waals surface area (Å²) in [6.45, 7) is 14.4. The molecule has 0 rings (SSSR count). The third-order valence-corrected chi connectivity index (χ3v) is 3.59. The summed E-state index contributed by atoms with van der Waals surface area (Å²) in [4.78, 5) is 2.48. The SMILES string of the molecule is CC(C)CN(C)CCCCCC[N+](C)(C)CC(C)C. The molecule has 0 saturated carbocycles. The summed E-state index contributed by atoms with van der Waals surface area (Å²) in [5.74, 6) is 1.60. The van der Waals surface area contributed by atoms with E-state index in [2.05, 4.69) is 53.7 Å². The molecule has 0 radical (unpaired) electrons. The van der Waals surface area contributed by atoms with Crippen LogP contribution in [0, 0.1) is 11.8 Å². The van der Waals surface area contributed by atoms with Crippen LogP contribution in [-0.4, -0.2) is 56.7 Å². The summed E-state index contributed by atoms with van der Waals surface area (Å²) in [5, 5.41) is 0. The highest BCUT2D eigenvalue weighted by Crippen LogP contribution is 2.09. The lowest BCUT2D eigenvalue weighted by atomic mass is 10.1. The van der Waals surface area contributed by atoms with Crippen LogP contribution in [0.15, 0.2) is 0 Å². The quantitative estimate of drug-likeness (QED) is 0.407. The molecule has 0 unspecified atom stereocenters. The molecule has 0 aliphatic carbocycles. The maximum atomic E-state index is 2.48. The Bertz CT molecular complexity index is 209. The van der Waals surface area contributed by atoms with Crippen LogP contribution >= 0.6 is 0 Å². The van der Waals surface area contributed by atoms with E-state index in [-0.39, 0.29) is 0 Å². The van der Waals surface area contributed by atoms with Crippen molar-refractivity contribution in [1.29, 1.82) is 0 Å². The Morgan fingerprint density at radius 3 is 1.95 bits per heavy atom. The van der Waals surface area contributed by atoms with Crippen LogP contribution < -0.4 is 0 Å². The summed E-state index contributed by atoms with van der Waals surface area (Å²) in [6, 6.07) is 0. The van der Waals surface area contributed by atoms with E-state index in [9.17, 15) is 0 Å². The summed E-state index contributed by atoms with van der Waals surface area (Å²) in [6.07, 6.45) is 5.54. The van der Waals surface area contributed by atoms with Crippen molar-refractivity contribution in [3.63, 3.8) is 0 Å². The second-order valence-electron chi connectivity index (χ2n) is 7.81. The van der Waals surface area contributed by atoms with Gasteiger partial charge in [0.15, 0.2) is 0 Å². The van der Waals surface area contributed by atoms with E-state index >= 15 is 0 Å². The minimum atomic E-state index is 0.791. The highest BCUT2D eigenvalue weighted by molar-refractivity contribution is 4.55. The molecule has 2 heteroatoms. The zero-order valence-corrected chi connectivity index (χ0v) is 14.7. The first kappa shape index (κ1) is 18.9. The van der Waals surface area contributed by atoms with Gasteiger partial charge in [-0.2, -0.15) is 0 Å². The van der Waals surface area contributed by atoms with Crippen LogP contribution in [0.2, 0.25) is 0 Å². The number of rotatable bonds is 11. The predicted molar refractivity (Wildman–Crippen MR) is 87.5 cm³/mol. The predicted octanol–water partition coefficient (Wildman–Crippen LogP) is 3.87. The summed E-state index contributed by atoms with van der Waals surface area (Å²) >= 11 is 0. The minimum absolute atomic E-state index is 0.791. The van der Waals surface area contributed by atoms with Gasteiger partial charge in [0, 0.05) is 12.5 Å². The summed E-state index contributed by atoms with van der Waals surface area (Å²) < 4.78 is 1.19. The van der Waals surface area contributed by atoms with E-state index in [1.54, 1.807) is 0 Å². The maximum Gasteiger partial charge on any atom is 0.0805 e. The van der Waals surface area contributed by atoms with Crippen LogP contribution in [0.5, 0.6) is 0 Å². The number of nitrogens with zero attached hydrogens (tertiary/aromatic N) is 2. The first-order chi connectivity index (χ1) is 8.73. The first-order valence-corrected chi connectivity index (χ1v) is 8.23. The molecule has 0 atom stereocenters. The van der Waals surface area contributed by atoms with Crippen molar-refractivity contribution in [3.8, 4) is 0 Å². The van der Waals surface area contributed by atoms with Gasteiger partial charge in [0.05, 0.1) is 27.2 Å². The van der Waals surface area contributed by atoms with Crippen LogP contribution in [0.1, 0.15) is 53.4 Å². The lowest BCUT2D eigenvalue weighted by Gasteiger charge is -2.31. The van der Waals surface area contributed by atoms with Crippen LogP contribution in [-0.2, 0) is 0 Å². The number of hydrogen-bond acceptors (Lipinski definition) is 1. The van der Waals surface area contributed by atoms with Crippen molar-refractivity contribution >= 4 is 0 Å². The Kier molecular flexibility index (Phi) is 9.72. The van der Waals surface area contributed by atoms with E-state index in [1.807, 2.05) is 0 Å². The Morgan fingerprint density at radius 2 is 1.42 bits per heavy atom. The van der Waals surface area contributed by atoms with E-state index in [0.717, 1.165) is 11.8 Å². The van der Waals surface area contributed by atoms with Gasteiger partial charge < -0.3 is 9.38 Å². The molecule has 0 fully saturated rings. The first-order valence-electron chi connectivity index (χ1n) is 8.23. The zero-order valence-electron chi connectivity index (χ0n) is 14.7. The fraction of sp³-hybridized carbons (Fsp3) is 1.00. The van der Waals surface area contributed by atoms with Crippen molar-refractivity contribution in [3.05, 3.63) is 0 Å². The van der Waals surface area contributed by atoms with E-state index in [1.165, 1.54) is 56.3 Å². The van der Waals surface area contributed by atoms with E-state index in [0.29, 0.717) is 0 Å². The molecule has 0 aliphatic heterocycles. The largest absolute Gasteiger partial charge is 0.328 e. The molecule has 0 N–H and O–H groups in total. The lowest BCUT2D eigenvalue weighted by Crippen LogP contribution is -2.43. The Morgan fingerprint density at radius 1 is 0.842 bits per heavy atom. The van der Waals surface area contributed by atoms with Gasteiger partial charge in [-0.25, -0.2) is 0 Å². The van der Waals surface area contributed by atoms with Gasteiger partial charge in [-0.3, -0.25) is 0 Å².